The summed E-state index contributed by atoms with van der Waals surface area (Å²) >= 11 is 0. The number of aromatic nitrogens is 2. The molecule has 3 rings (SSSR count). The van der Waals surface area contributed by atoms with Crippen molar-refractivity contribution >= 4 is 28.7 Å². The van der Waals surface area contributed by atoms with Crippen LogP contribution in [0.3, 0.4) is 0 Å². The number of benzene rings is 2. The van der Waals surface area contributed by atoms with E-state index < -0.39 is 5.97 Å². The SMILES string of the molecule is O=C(COC(=O)CCNC(=O)c1n[nH]c2ccccc12)NCCc1ccccc1. The van der Waals surface area contributed by atoms with E-state index in [-0.39, 0.29) is 37.1 Å². The van der Waals surface area contributed by atoms with Gasteiger partial charge in [0.25, 0.3) is 11.8 Å². The van der Waals surface area contributed by atoms with E-state index in [1.807, 2.05) is 48.5 Å². The van der Waals surface area contributed by atoms with E-state index >= 15 is 0 Å². The summed E-state index contributed by atoms with van der Waals surface area (Å²) in [4.78, 5) is 35.7. The molecule has 0 unspecified atom stereocenters. The Balaban J connectivity index is 1.31. The van der Waals surface area contributed by atoms with E-state index in [4.69, 9.17) is 4.74 Å². The highest BCUT2D eigenvalue weighted by Gasteiger charge is 2.14. The molecule has 2 aromatic carbocycles. The van der Waals surface area contributed by atoms with Crippen LogP contribution in [-0.2, 0) is 20.7 Å². The smallest absolute Gasteiger partial charge is 0.308 e. The number of nitrogens with zero attached hydrogens (tertiary/aromatic N) is 1. The monoisotopic (exact) mass is 394 g/mol. The number of H-pyrrole nitrogens is 1. The van der Waals surface area contributed by atoms with Crippen LogP contribution < -0.4 is 10.6 Å². The molecule has 0 radical (unpaired) electrons. The number of nitrogens with one attached hydrogen (secondary N) is 3. The number of carbonyl (C=O) groups is 3. The van der Waals surface area contributed by atoms with Gasteiger partial charge in [-0.25, -0.2) is 0 Å². The quantitative estimate of drug-likeness (QED) is 0.477. The van der Waals surface area contributed by atoms with Crippen LogP contribution >= 0.6 is 0 Å². The number of rotatable bonds is 9. The number of aromatic amines is 1. The van der Waals surface area contributed by atoms with Gasteiger partial charge in [0.15, 0.2) is 12.3 Å². The minimum atomic E-state index is -0.560. The average molecular weight is 394 g/mol. The number of amides is 2. The molecule has 2 amide bonds. The van der Waals surface area contributed by atoms with E-state index in [1.165, 1.54) is 0 Å². The molecule has 0 saturated heterocycles. The van der Waals surface area contributed by atoms with Gasteiger partial charge in [-0.05, 0) is 18.1 Å². The van der Waals surface area contributed by atoms with Crippen LogP contribution in [0.25, 0.3) is 10.9 Å². The van der Waals surface area contributed by atoms with Gasteiger partial charge in [-0.15, -0.1) is 0 Å². The van der Waals surface area contributed by atoms with Crippen LogP contribution in [-0.4, -0.2) is 47.7 Å². The first-order valence-electron chi connectivity index (χ1n) is 9.31. The molecule has 1 heterocycles. The second-order valence-electron chi connectivity index (χ2n) is 6.37. The minimum absolute atomic E-state index is 0.0363. The van der Waals surface area contributed by atoms with Gasteiger partial charge >= 0.3 is 5.97 Å². The third-order valence-corrected chi connectivity index (χ3v) is 4.24. The lowest BCUT2D eigenvalue weighted by molar-refractivity contribution is -0.148. The first-order chi connectivity index (χ1) is 14.1. The highest BCUT2D eigenvalue weighted by atomic mass is 16.5. The van der Waals surface area contributed by atoms with Gasteiger partial charge in [0, 0.05) is 18.5 Å². The van der Waals surface area contributed by atoms with E-state index in [2.05, 4.69) is 20.8 Å². The van der Waals surface area contributed by atoms with Crippen LogP contribution in [0.15, 0.2) is 54.6 Å². The summed E-state index contributed by atoms with van der Waals surface area (Å²) in [7, 11) is 0. The van der Waals surface area contributed by atoms with Gasteiger partial charge in [0.2, 0.25) is 0 Å². The minimum Gasteiger partial charge on any atom is -0.456 e. The molecule has 8 nitrogen and oxygen atoms in total. The van der Waals surface area contributed by atoms with Crippen molar-refractivity contribution in [2.24, 2.45) is 0 Å². The lowest BCUT2D eigenvalue weighted by Gasteiger charge is -2.07. The van der Waals surface area contributed by atoms with Crippen LogP contribution in [0.2, 0.25) is 0 Å². The van der Waals surface area contributed by atoms with E-state index in [0.29, 0.717) is 18.4 Å². The standard InChI is InChI=1S/C21H22N4O4/c26-18(22-12-10-15-6-2-1-3-7-15)14-29-19(27)11-13-23-21(28)20-16-8-4-5-9-17(16)24-25-20/h1-9H,10-14H2,(H,22,26)(H,23,28)(H,24,25). The zero-order valence-electron chi connectivity index (χ0n) is 15.8. The van der Waals surface area contributed by atoms with Crippen LogP contribution in [0, 0.1) is 0 Å². The normalized spacial score (nSPS) is 10.5. The molecule has 150 valence electrons. The number of hydrogen-bond acceptors (Lipinski definition) is 5. The predicted molar refractivity (Wildman–Crippen MR) is 107 cm³/mol. The Labute approximate surface area is 167 Å². The van der Waals surface area contributed by atoms with Crippen LogP contribution in [0.5, 0.6) is 0 Å². The lowest BCUT2D eigenvalue weighted by Crippen LogP contribution is -2.31. The maximum absolute atomic E-state index is 12.2. The summed E-state index contributed by atoms with van der Waals surface area (Å²) in [6.07, 6.45) is 0.666. The van der Waals surface area contributed by atoms with E-state index in [0.717, 1.165) is 11.1 Å². The van der Waals surface area contributed by atoms with Crippen molar-refractivity contribution in [3.05, 3.63) is 65.9 Å². The summed E-state index contributed by atoms with van der Waals surface area (Å²) in [6, 6.07) is 17.0. The number of carbonyl (C=O) groups excluding carboxylic acids is 3. The zero-order chi connectivity index (χ0) is 20.5. The fourth-order valence-electron chi connectivity index (χ4n) is 2.76. The first-order valence-corrected chi connectivity index (χ1v) is 9.31. The second-order valence-corrected chi connectivity index (χ2v) is 6.37. The molecular weight excluding hydrogens is 372 g/mol. The van der Waals surface area contributed by atoms with E-state index in [9.17, 15) is 14.4 Å². The number of esters is 1. The fourth-order valence-corrected chi connectivity index (χ4v) is 2.76. The Bertz CT molecular complexity index is 985. The summed E-state index contributed by atoms with van der Waals surface area (Å²) in [5.41, 5.74) is 2.15. The van der Waals surface area contributed by atoms with Crippen LogP contribution in [0.4, 0.5) is 0 Å². The van der Waals surface area contributed by atoms with Crippen molar-refractivity contribution in [1.29, 1.82) is 0 Å². The molecule has 0 spiro atoms. The molecule has 0 aliphatic heterocycles. The Kier molecular flexibility index (Phi) is 6.94. The van der Waals surface area contributed by atoms with Gasteiger partial charge < -0.3 is 15.4 Å². The maximum Gasteiger partial charge on any atom is 0.308 e. The summed E-state index contributed by atoms with van der Waals surface area (Å²) < 4.78 is 4.93. The Hall–Kier alpha value is -3.68. The van der Waals surface area contributed by atoms with Crippen molar-refractivity contribution < 1.29 is 19.1 Å². The summed E-state index contributed by atoms with van der Waals surface area (Å²) in [5, 5.41) is 12.8. The molecule has 8 heteroatoms. The number of hydrogen-bond donors (Lipinski definition) is 3. The largest absolute Gasteiger partial charge is 0.456 e. The van der Waals surface area contributed by atoms with Crippen molar-refractivity contribution in [2.75, 3.05) is 19.7 Å². The van der Waals surface area contributed by atoms with Crippen LogP contribution in [0.1, 0.15) is 22.5 Å². The van der Waals surface area contributed by atoms with Gasteiger partial charge in [0.1, 0.15) is 0 Å². The van der Waals surface area contributed by atoms with E-state index in [1.54, 1.807) is 6.07 Å². The summed E-state index contributed by atoms with van der Waals surface area (Å²) in [5.74, 6) is -1.30. The van der Waals surface area contributed by atoms with Gasteiger partial charge in [-0.3, -0.25) is 19.5 Å². The fraction of sp³-hybridized carbons (Fsp3) is 0.238. The Morgan fingerprint density at radius 1 is 0.931 bits per heavy atom. The highest BCUT2D eigenvalue weighted by Crippen LogP contribution is 2.14. The van der Waals surface area contributed by atoms with Crippen molar-refractivity contribution in [3.63, 3.8) is 0 Å². The third kappa shape index (κ3) is 5.90. The lowest BCUT2D eigenvalue weighted by atomic mass is 10.1. The van der Waals surface area contributed by atoms with Gasteiger partial charge in [0.05, 0.1) is 11.9 Å². The Morgan fingerprint density at radius 3 is 2.52 bits per heavy atom. The molecule has 0 aliphatic rings. The van der Waals surface area contributed by atoms with Crippen molar-refractivity contribution in [2.45, 2.75) is 12.8 Å². The molecule has 3 N–H and O–H groups in total. The van der Waals surface area contributed by atoms with Crippen molar-refractivity contribution in [1.82, 2.24) is 20.8 Å². The molecule has 0 atom stereocenters. The highest BCUT2D eigenvalue weighted by molar-refractivity contribution is 6.04. The predicted octanol–water partition coefficient (Wildman–Crippen LogP) is 1.58. The zero-order valence-corrected chi connectivity index (χ0v) is 15.8. The van der Waals surface area contributed by atoms with Gasteiger partial charge in [-0.1, -0.05) is 48.5 Å². The molecule has 0 fully saturated rings. The third-order valence-electron chi connectivity index (χ3n) is 4.24. The second kappa shape index (κ2) is 10.0. The number of fused-ring (bicyclic) bond motifs is 1. The van der Waals surface area contributed by atoms with Gasteiger partial charge in [-0.2, -0.15) is 5.10 Å². The molecule has 0 saturated carbocycles. The molecule has 0 bridgehead atoms. The molecular formula is C21H22N4O4. The molecule has 3 aromatic rings. The Morgan fingerprint density at radius 2 is 1.69 bits per heavy atom. The first kappa shape index (κ1) is 20.1. The molecule has 29 heavy (non-hydrogen) atoms. The van der Waals surface area contributed by atoms with Crippen molar-refractivity contribution in [3.8, 4) is 0 Å². The molecule has 0 aliphatic carbocycles. The maximum atomic E-state index is 12.2. The number of ether oxygens (including phenoxy) is 1. The molecule has 1 aromatic heterocycles. The summed E-state index contributed by atoms with van der Waals surface area (Å²) in [6.45, 7) is 0.216. The number of para-hydroxylation sites is 1. The average Bonchev–Trinajstić information content (AvgIpc) is 3.17. The topological polar surface area (TPSA) is 113 Å².